The van der Waals surface area contributed by atoms with E-state index in [9.17, 15) is 4.79 Å². The molecule has 0 aromatic rings. The molecule has 1 rings (SSSR count). The van der Waals surface area contributed by atoms with E-state index in [0.29, 0.717) is 13.1 Å². The number of nitriles is 1. The lowest BCUT2D eigenvalue weighted by molar-refractivity contribution is -0.124. The first-order valence-corrected chi connectivity index (χ1v) is 4.56. The Morgan fingerprint density at radius 1 is 1.57 bits per heavy atom. The zero-order valence-corrected chi connectivity index (χ0v) is 9.23. The number of nitrogens with one attached hydrogen (secondary N) is 2. The molecule has 80 valence electrons. The van der Waals surface area contributed by atoms with Crippen LogP contribution in [0, 0.1) is 23.2 Å². The average molecular weight is 218 g/mol. The van der Waals surface area contributed by atoms with Crippen LogP contribution in [-0.4, -0.2) is 25.0 Å². The van der Waals surface area contributed by atoms with E-state index in [0.717, 1.165) is 0 Å². The number of hydrogen-bond acceptors (Lipinski definition) is 3. The van der Waals surface area contributed by atoms with Crippen LogP contribution in [0.2, 0.25) is 0 Å². The molecule has 4 nitrogen and oxygen atoms in total. The number of halogens is 1. The van der Waals surface area contributed by atoms with Gasteiger partial charge in [-0.25, -0.2) is 0 Å². The van der Waals surface area contributed by atoms with Gasteiger partial charge in [0.25, 0.3) is 0 Å². The van der Waals surface area contributed by atoms with Gasteiger partial charge in [0.1, 0.15) is 0 Å². The highest BCUT2D eigenvalue weighted by Gasteiger charge is 2.28. The molecule has 1 fully saturated rings. The highest BCUT2D eigenvalue weighted by molar-refractivity contribution is 5.85. The highest BCUT2D eigenvalue weighted by Crippen LogP contribution is 2.08. The molecule has 5 heteroatoms. The van der Waals surface area contributed by atoms with E-state index in [1.807, 2.05) is 13.8 Å². The molecular formula is C9H16ClN3O. The smallest absolute Gasteiger partial charge is 0.222 e. The quantitative estimate of drug-likeness (QED) is 0.699. The molecule has 0 aromatic heterocycles. The Morgan fingerprint density at radius 3 is 2.71 bits per heavy atom. The first-order chi connectivity index (χ1) is 6.15. The van der Waals surface area contributed by atoms with Crippen molar-refractivity contribution in [2.24, 2.45) is 11.8 Å². The third-order valence-electron chi connectivity index (χ3n) is 2.23. The van der Waals surface area contributed by atoms with Crippen LogP contribution in [0.4, 0.5) is 0 Å². The molecule has 2 atom stereocenters. The zero-order chi connectivity index (χ0) is 9.84. The van der Waals surface area contributed by atoms with E-state index < -0.39 is 0 Å². The van der Waals surface area contributed by atoms with Crippen LogP contribution in [0.1, 0.15) is 13.8 Å². The number of carbonyl (C=O) groups is 1. The molecule has 1 heterocycles. The molecule has 0 aromatic carbocycles. The van der Waals surface area contributed by atoms with E-state index >= 15 is 0 Å². The predicted octanol–water partition coefficient (Wildman–Crippen LogP) is 0.292. The van der Waals surface area contributed by atoms with Crippen molar-refractivity contribution in [1.29, 1.82) is 5.26 Å². The molecule has 1 saturated heterocycles. The van der Waals surface area contributed by atoms with Crippen LogP contribution in [0.5, 0.6) is 0 Å². The molecule has 2 unspecified atom stereocenters. The molecule has 0 bridgehead atoms. The molecule has 14 heavy (non-hydrogen) atoms. The van der Waals surface area contributed by atoms with E-state index in [2.05, 4.69) is 16.7 Å². The van der Waals surface area contributed by atoms with Crippen LogP contribution in [0.3, 0.4) is 0 Å². The van der Waals surface area contributed by atoms with Crippen LogP contribution in [0.15, 0.2) is 0 Å². The predicted molar refractivity (Wildman–Crippen MR) is 56.0 cm³/mol. The molecule has 0 aliphatic carbocycles. The van der Waals surface area contributed by atoms with Gasteiger partial charge < -0.3 is 10.6 Å². The first kappa shape index (κ1) is 13.2. The van der Waals surface area contributed by atoms with E-state index in [4.69, 9.17) is 5.26 Å². The maximum absolute atomic E-state index is 11.3. The maximum Gasteiger partial charge on any atom is 0.222 e. The van der Waals surface area contributed by atoms with E-state index in [1.54, 1.807) is 0 Å². The summed E-state index contributed by atoms with van der Waals surface area (Å²) in [6.45, 7) is 5.08. The minimum absolute atomic E-state index is 0. The molecular weight excluding hydrogens is 202 g/mol. The minimum atomic E-state index is -0.0808. The molecule has 1 aliphatic heterocycles. The van der Waals surface area contributed by atoms with Crippen molar-refractivity contribution < 1.29 is 4.79 Å². The lowest BCUT2D eigenvalue weighted by Crippen LogP contribution is -2.41. The lowest BCUT2D eigenvalue weighted by atomic mass is 10.0. The molecule has 0 radical (unpaired) electrons. The summed E-state index contributed by atoms with van der Waals surface area (Å²) in [5.41, 5.74) is 0. The van der Waals surface area contributed by atoms with Gasteiger partial charge in [-0.2, -0.15) is 5.26 Å². The number of amides is 1. The van der Waals surface area contributed by atoms with Crippen LogP contribution in [0.25, 0.3) is 0 Å². The Bertz CT molecular complexity index is 237. The Balaban J connectivity index is 0.00000169. The first-order valence-electron chi connectivity index (χ1n) is 4.56. The Morgan fingerprint density at radius 2 is 2.21 bits per heavy atom. The van der Waals surface area contributed by atoms with Crippen molar-refractivity contribution in [1.82, 2.24) is 10.6 Å². The third-order valence-corrected chi connectivity index (χ3v) is 2.23. The Kier molecular flexibility index (Phi) is 5.51. The summed E-state index contributed by atoms with van der Waals surface area (Å²) in [5.74, 6) is -0.0726. The van der Waals surface area contributed by atoms with Gasteiger partial charge in [0.2, 0.25) is 5.91 Å². The van der Waals surface area contributed by atoms with Gasteiger partial charge in [-0.1, -0.05) is 13.8 Å². The molecule has 0 spiro atoms. The largest absolute Gasteiger partial charge is 0.350 e. The van der Waals surface area contributed by atoms with E-state index in [1.165, 1.54) is 0 Å². The number of rotatable bonds is 2. The SMILES string of the molecule is CC(C)C(=O)NC1CNCC1C#N.Cl. The zero-order valence-electron chi connectivity index (χ0n) is 8.41. The normalized spacial score (nSPS) is 25.3. The number of carbonyl (C=O) groups excluding carboxylic acids is 1. The van der Waals surface area contributed by atoms with Crippen molar-refractivity contribution in [3.63, 3.8) is 0 Å². The van der Waals surface area contributed by atoms with Crippen LogP contribution in [-0.2, 0) is 4.79 Å². The van der Waals surface area contributed by atoms with Crippen LogP contribution < -0.4 is 10.6 Å². The van der Waals surface area contributed by atoms with Gasteiger partial charge in [0.15, 0.2) is 0 Å². The molecule has 1 amide bonds. The van der Waals surface area contributed by atoms with Gasteiger partial charge in [-0.15, -0.1) is 12.4 Å². The summed E-state index contributed by atoms with van der Waals surface area (Å²) in [6, 6.07) is 2.17. The Labute approximate surface area is 90.5 Å². The summed E-state index contributed by atoms with van der Waals surface area (Å²) in [7, 11) is 0. The Hall–Kier alpha value is -0.790. The van der Waals surface area contributed by atoms with Crippen molar-refractivity contribution in [3.05, 3.63) is 0 Å². The summed E-state index contributed by atoms with van der Waals surface area (Å²) in [4.78, 5) is 11.3. The van der Waals surface area contributed by atoms with Gasteiger partial charge in [0, 0.05) is 19.0 Å². The summed E-state index contributed by atoms with van der Waals surface area (Å²) in [6.07, 6.45) is 0. The summed E-state index contributed by atoms with van der Waals surface area (Å²) >= 11 is 0. The van der Waals surface area contributed by atoms with Crippen molar-refractivity contribution in [2.75, 3.05) is 13.1 Å². The number of nitrogens with zero attached hydrogens (tertiary/aromatic N) is 1. The fraction of sp³-hybridized carbons (Fsp3) is 0.778. The molecule has 1 aliphatic rings. The van der Waals surface area contributed by atoms with E-state index in [-0.39, 0.29) is 36.2 Å². The average Bonchev–Trinajstić information content (AvgIpc) is 2.51. The second kappa shape index (κ2) is 5.84. The standard InChI is InChI=1S/C9H15N3O.ClH/c1-6(2)9(13)12-8-5-11-4-7(8)3-10;/h6-8,11H,4-5H2,1-2H3,(H,12,13);1H. The van der Waals surface area contributed by atoms with Gasteiger partial charge in [0.05, 0.1) is 18.0 Å². The monoisotopic (exact) mass is 217 g/mol. The van der Waals surface area contributed by atoms with Crippen molar-refractivity contribution >= 4 is 18.3 Å². The topological polar surface area (TPSA) is 64.9 Å². The van der Waals surface area contributed by atoms with Crippen molar-refractivity contribution in [3.8, 4) is 6.07 Å². The van der Waals surface area contributed by atoms with Gasteiger partial charge in [-0.3, -0.25) is 4.79 Å². The second-order valence-electron chi connectivity index (χ2n) is 3.66. The van der Waals surface area contributed by atoms with Gasteiger partial charge in [-0.05, 0) is 0 Å². The highest BCUT2D eigenvalue weighted by atomic mass is 35.5. The lowest BCUT2D eigenvalue weighted by Gasteiger charge is -2.15. The molecule has 0 saturated carbocycles. The minimum Gasteiger partial charge on any atom is -0.350 e. The van der Waals surface area contributed by atoms with Crippen LogP contribution >= 0.6 is 12.4 Å². The summed E-state index contributed by atoms with van der Waals surface area (Å²) < 4.78 is 0. The number of hydrogen-bond donors (Lipinski definition) is 2. The van der Waals surface area contributed by atoms with Crippen molar-refractivity contribution in [2.45, 2.75) is 19.9 Å². The second-order valence-corrected chi connectivity index (χ2v) is 3.66. The third kappa shape index (κ3) is 3.17. The maximum atomic E-state index is 11.3. The van der Waals surface area contributed by atoms with Gasteiger partial charge >= 0.3 is 0 Å². The molecule has 2 N–H and O–H groups in total. The fourth-order valence-electron chi connectivity index (χ4n) is 1.32. The fourth-order valence-corrected chi connectivity index (χ4v) is 1.32. The summed E-state index contributed by atoms with van der Waals surface area (Å²) in [5, 5.41) is 14.7.